The molecule has 0 radical (unpaired) electrons. The maximum atomic E-state index is 3.48. The van der Waals surface area contributed by atoms with Gasteiger partial charge in [-0.1, -0.05) is 18.2 Å². The second-order valence-corrected chi connectivity index (χ2v) is 7.39. The van der Waals surface area contributed by atoms with E-state index >= 15 is 0 Å². The third-order valence-electron chi connectivity index (χ3n) is 3.86. The van der Waals surface area contributed by atoms with Gasteiger partial charge < -0.3 is 5.32 Å². The van der Waals surface area contributed by atoms with Crippen molar-refractivity contribution in [2.45, 2.75) is 26.3 Å². The minimum absolute atomic E-state index is 0.408. The summed E-state index contributed by atoms with van der Waals surface area (Å²) in [6.45, 7) is 4.40. The summed E-state index contributed by atoms with van der Waals surface area (Å²) >= 11 is 3.76. The van der Waals surface area contributed by atoms with E-state index in [1.165, 1.54) is 31.0 Å². The van der Waals surface area contributed by atoms with Crippen LogP contribution in [0.3, 0.4) is 0 Å². The molecule has 20 heavy (non-hydrogen) atoms. The molecule has 1 nitrogen and oxygen atoms in total. The zero-order chi connectivity index (χ0) is 14.1. The van der Waals surface area contributed by atoms with E-state index in [0.717, 1.165) is 6.42 Å². The van der Waals surface area contributed by atoms with Gasteiger partial charge in [0.2, 0.25) is 0 Å². The number of thiophene rings is 2. The lowest BCUT2D eigenvalue weighted by Crippen LogP contribution is -2.17. The summed E-state index contributed by atoms with van der Waals surface area (Å²) in [5.74, 6) is 0. The van der Waals surface area contributed by atoms with Crippen LogP contribution in [-0.4, -0.2) is 7.05 Å². The first-order valence-corrected chi connectivity index (χ1v) is 8.58. The van der Waals surface area contributed by atoms with E-state index in [9.17, 15) is 0 Å². The second-order valence-electron chi connectivity index (χ2n) is 5.19. The molecule has 0 saturated carbocycles. The molecule has 1 atom stereocenters. The highest BCUT2D eigenvalue weighted by molar-refractivity contribution is 7.17. The summed E-state index contributed by atoms with van der Waals surface area (Å²) < 4.78 is 1.39. The van der Waals surface area contributed by atoms with E-state index in [2.05, 4.69) is 61.9 Å². The van der Waals surface area contributed by atoms with Gasteiger partial charge in [-0.25, -0.2) is 0 Å². The van der Waals surface area contributed by atoms with Crippen LogP contribution in [0.4, 0.5) is 0 Å². The van der Waals surface area contributed by atoms with Crippen molar-refractivity contribution in [1.29, 1.82) is 0 Å². The average Bonchev–Trinajstić information content (AvgIpc) is 3.01. The van der Waals surface area contributed by atoms with Crippen LogP contribution in [0.5, 0.6) is 0 Å². The quantitative estimate of drug-likeness (QED) is 0.708. The summed E-state index contributed by atoms with van der Waals surface area (Å²) in [5.41, 5.74) is 2.86. The summed E-state index contributed by atoms with van der Waals surface area (Å²) in [7, 11) is 2.06. The number of rotatable bonds is 4. The molecule has 0 bridgehead atoms. The summed E-state index contributed by atoms with van der Waals surface area (Å²) in [6.07, 6.45) is 1.06. The number of hydrogen-bond acceptors (Lipinski definition) is 3. The van der Waals surface area contributed by atoms with Crippen LogP contribution in [-0.2, 0) is 6.42 Å². The summed E-state index contributed by atoms with van der Waals surface area (Å²) in [6, 6.07) is 11.4. The SMILES string of the molecule is CNC(Cc1csc2ccccc12)c1cc(C)c(C)s1. The van der Waals surface area contributed by atoms with Crippen LogP contribution in [0.25, 0.3) is 10.1 Å². The molecule has 0 aliphatic carbocycles. The monoisotopic (exact) mass is 301 g/mol. The number of likely N-dealkylation sites (N-methyl/N-ethyl adjacent to an activating group) is 1. The molecule has 2 aromatic heterocycles. The number of hydrogen-bond donors (Lipinski definition) is 1. The maximum Gasteiger partial charge on any atom is 0.0453 e. The van der Waals surface area contributed by atoms with Crippen LogP contribution in [0.15, 0.2) is 35.7 Å². The molecule has 0 aliphatic rings. The lowest BCUT2D eigenvalue weighted by atomic mass is 10.0. The smallest absolute Gasteiger partial charge is 0.0453 e. The van der Waals surface area contributed by atoms with E-state index in [4.69, 9.17) is 0 Å². The fourth-order valence-corrected chi connectivity index (χ4v) is 4.66. The molecule has 3 heteroatoms. The van der Waals surface area contributed by atoms with Gasteiger partial charge in [-0.15, -0.1) is 22.7 Å². The molecule has 104 valence electrons. The fraction of sp³-hybridized carbons (Fsp3) is 0.294. The van der Waals surface area contributed by atoms with Gasteiger partial charge in [0.25, 0.3) is 0 Å². The number of aryl methyl sites for hydroxylation is 2. The predicted octanol–water partition coefficient (Wildman–Crippen LogP) is 5.08. The third-order valence-corrected chi connectivity index (χ3v) is 6.14. The average molecular weight is 301 g/mol. The molecule has 0 aliphatic heterocycles. The first kappa shape index (κ1) is 13.8. The van der Waals surface area contributed by atoms with Crippen molar-refractivity contribution < 1.29 is 0 Å². The minimum Gasteiger partial charge on any atom is -0.312 e. The highest BCUT2D eigenvalue weighted by atomic mass is 32.1. The van der Waals surface area contributed by atoms with Crippen LogP contribution in [0.2, 0.25) is 0 Å². The number of fused-ring (bicyclic) bond motifs is 1. The van der Waals surface area contributed by atoms with E-state index < -0.39 is 0 Å². The van der Waals surface area contributed by atoms with Gasteiger partial charge in [0.1, 0.15) is 0 Å². The van der Waals surface area contributed by atoms with Crippen LogP contribution in [0, 0.1) is 13.8 Å². The topological polar surface area (TPSA) is 12.0 Å². The van der Waals surface area contributed by atoms with Gasteiger partial charge in [0, 0.05) is 20.5 Å². The van der Waals surface area contributed by atoms with Crippen molar-refractivity contribution in [2.24, 2.45) is 0 Å². The first-order valence-electron chi connectivity index (χ1n) is 6.88. The largest absolute Gasteiger partial charge is 0.312 e. The van der Waals surface area contributed by atoms with Crippen molar-refractivity contribution in [3.05, 3.63) is 56.6 Å². The third kappa shape index (κ3) is 2.53. The van der Waals surface area contributed by atoms with E-state index in [1.54, 1.807) is 0 Å². The Balaban J connectivity index is 1.91. The molecule has 1 unspecified atom stereocenters. The number of nitrogens with one attached hydrogen (secondary N) is 1. The van der Waals surface area contributed by atoms with Crippen LogP contribution < -0.4 is 5.32 Å². The highest BCUT2D eigenvalue weighted by Gasteiger charge is 2.15. The molecule has 0 saturated heterocycles. The normalized spacial score (nSPS) is 12.9. The minimum atomic E-state index is 0.408. The van der Waals surface area contributed by atoms with Gasteiger partial charge >= 0.3 is 0 Å². The van der Waals surface area contributed by atoms with Crippen molar-refractivity contribution in [2.75, 3.05) is 7.05 Å². The molecular weight excluding hydrogens is 282 g/mol. The molecule has 1 aromatic carbocycles. The Kier molecular flexibility index (Phi) is 3.92. The van der Waals surface area contributed by atoms with Gasteiger partial charge in [-0.05, 0) is 61.3 Å². The lowest BCUT2D eigenvalue weighted by Gasteiger charge is -2.14. The second kappa shape index (κ2) is 5.68. The van der Waals surface area contributed by atoms with Crippen molar-refractivity contribution >= 4 is 32.8 Å². The Morgan fingerprint density at radius 1 is 1.20 bits per heavy atom. The Morgan fingerprint density at radius 3 is 2.70 bits per heavy atom. The molecule has 1 N–H and O–H groups in total. The van der Waals surface area contributed by atoms with Gasteiger partial charge in [-0.3, -0.25) is 0 Å². The molecular formula is C17H19NS2. The summed E-state index contributed by atoms with van der Waals surface area (Å²) in [4.78, 5) is 2.87. The van der Waals surface area contributed by atoms with Crippen molar-refractivity contribution in [1.82, 2.24) is 5.32 Å². The molecule has 3 aromatic rings. The number of benzene rings is 1. The molecule has 0 fully saturated rings. The van der Waals surface area contributed by atoms with Gasteiger partial charge in [0.05, 0.1) is 0 Å². The molecule has 0 amide bonds. The van der Waals surface area contributed by atoms with E-state index in [0.29, 0.717) is 6.04 Å². The Bertz CT molecular complexity index is 704. The predicted molar refractivity (Wildman–Crippen MR) is 91.1 cm³/mol. The van der Waals surface area contributed by atoms with Crippen molar-refractivity contribution in [3.63, 3.8) is 0 Å². The zero-order valence-corrected chi connectivity index (χ0v) is 13.7. The maximum absolute atomic E-state index is 3.48. The lowest BCUT2D eigenvalue weighted by molar-refractivity contribution is 0.604. The summed E-state index contributed by atoms with van der Waals surface area (Å²) in [5, 5.41) is 7.19. The van der Waals surface area contributed by atoms with E-state index in [1.807, 2.05) is 22.7 Å². The van der Waals surface area contributed by atoms with Crippen molar-refractivity contribution in [3.8, 4) is 0 Å². The zero-order valence-electron chi connectivity index (χ0n) is 12.1. The molecule has 2 heterocycles. The standard InChI is InChI=1S/C17H19NS2/c1-11-8-17(20-12(11)2)15(18-3)9-13-10-19-16-7-5-4-6-14(13)16/h4-8,10,15,18H,9H2,1-3H3. The fourth-order valence-electron chi connectivity index (χ4n) is 2.53. The van der Waals surface area contributed by atoms with Crippen LogP contribution in [0.1, 0.15) is 26.9 Å². The van der Waals surface area contributed by atoms with Gasteiger partial charge in [0.15, 0.2) is 0 Å². The first-order chi connectivity index (χ1) is 9.69. The van der Waals surface area contributed by atoms with E-state index in [-0.39, 0.29) is 0 Å². The molecule has 3 rings (SSSR count). The Morgan fingerprint density at radius 2 is 2.00 bits per heavy atom. The van der Waals surface area contributed by atoms with Crippen LogP contribution >= 0.6 is 22.7 Å². The Labute approximate surface area is 128 Å². The Hall–Kier alpha value is -1.16. The molecule has 0 spiro atoms. The van der Waals surface area contributed by atoms with Gasteiger partial charge in [-0.2, -0.15) is 0 Å². The highest BCUT2D eigenvalue weighted by Crippen LogP contribution is 2.32.